The summed E-state index contributed by atoms with van der Waals surface area (Å²) < 4.78 is 10.6. The Morgan fingerprint density at radius 3 is 2.30 bits per heavy atom. The van der Waals surface area contributed by atoms with E-state index in [1.54, 1.807) is 31.2 Å². The van der Waals surface area contributed by atoms with Gasteiger partial charge in [-0.25, -0.2) is 4.79 Å². The number of carbonyl (C=O) groups is 1. The number of benzene rings is 1. The molecule has 0 aliphatic heterocycles. The summed E-state index contributed by atoms with van der Waals surface area (Å²) >= 11 is 5.80. The minimum atomic E-state index is -1.07. The second kappa shape index (κ2) is 6.95. The minimum Gasteiger partial charge on any atom is -0.476 e. The van der Waals surface area contributed by atoms with Crippen molar-refractivity contribution in [2.24, 2.45) is 5.41 Å². The van der Waals surface area contributed by atoms with E-state index in [0.29, 0.717) is 10.8 Å². The molecule has 0 aliphatic carbocycles. The van der Waals surface area contributed by atoms with E-state index in [1.165, 1.54) is 0 Å². The molecule has 1 aromatic carbocycles. The SMILES string of the molecule is CCOC(=O)C(Oc1ccc(Cl)cc1)C(O)C(C)(C)C. The van der Waals surface area contributed by atoms with Gasteiger partial charge in [0.15, 0.2) is 0 Å². The second-order valence-electron chi connectivity index (χ2n) is 5.56. The Morgan fingerprint density at radius 1 is 1.30 bits per heavy atom. The quantitative estimate of drug-likeness (QED) is 0.849. The van der Waals surface area contributed by atoms with E-state index in [2.05, 4.69) is 0 Å². The van der Waals surface area contributed by atoms with Crippen LogP contribution in [0.3, 0.4) is 0 Å². The van der Waals surface area contributed by atoms with Crippen LogP contribution in [0.2, 0.25) is 5.02 Å². The summed E-state index contributed by atoms with van der Waals surface area (Å²) in [5.74, 6) is -0.124. The number of rotatable bonds is 5. The van der Waals surface area contributed by atoms with Crippen LogP contribution in [0.15, 0.2) is 24.3 Å². The number of ether oxygens (including phenoxy) is 2. The molecular formula is C15H21ClO4. The molecule has 0 bridgehead atoms. The fraction of sp³-hybridized carbons (Fsp3) is 0.533. The fourth-order valence-electron chi connectivity index (χ4n) is 1.58. The van der Waals surface area contributed by atoms with E-state index in [9.17, 15) is 9.90 Å². The van der Waals surface area contributed by atoms with Crippen LogP contribution in [0.5, 0.6) is 5.75 Å². The topological polar surface area (TPSA) is 55.8 Å². The zero-order chi connectivity index (χ0) is 15.3. The van der Waals surface area contributed by atoms with Crippen molar-refractivity contribution >= 4 is 17.6 Å². The standard InChI is InChI=1S/C15H21ClO4/c1-5-19-14(18)12(13(17)15(2,3)4)20-11-8-6-10(16)7-9-11/h6-9,12-13,17H,5H2,1-4H3. The number of esters is 1. The third-order valence-corrected chi connectivity index (χ3v) is 3.02. The normalized spacial score (nSPS) is 14.5. The lowest BCUT2D eigenvalue weighted by Crippen LogP contribution is -2.47. The zero-order valence-corrected chi connectivity index (χ0v) is 13.0. The lowest BCUT2D eigenvalue weighted by atomic mass is 9.85. The van der Waals surface area contributed by atoms with Crippen LogP contribution in [0.1, 0.15) is 27.7 Å². The van der Waals surface area contributed by atoms with Crippen molar-refractivity contribution in [3.63, 3.8) is 0 Å². The molecule has 2 atom stereocenters. The van der Waals surface area contributed by atoms with Crippen LogP contribution in [0.25, 0.3) is 0 Å². The molecule has 1 N–H and O–H groups in total. The van der Waals surface area contributed by atoms with Crippen molar-refractivity contribution in [3.8, 4) is 5.75 Å². The summed E-state index contributed by atoms with van der Waals surface area (Å²) in [5, 5.41) is 10.9. The maximum Gasteiger partial charge on any atom is 0.350 e. The molecule has 0 saturated heterocycles. The van der Waals surface area contributed by atoms with Crippen LogP contribution in [-0.2, 0) is 9.53 Å². The first-order valence-electron chi connectivity index (χ1n) is 6.52. The lowest BCUT2D eigenvalue weighted by Gasteiger charge is -2.31. The van der Waals surface area contributed by atoms with E-state index >= 15 is 0 Å². The maximum absolute atomic E-state index is 12.0. The van der Waals surface area contributed by atoms with Gasteiger partial charge in [0.25, 0.3) is 0 Å². The third-order valence-electron chi connectivity index (χ3n) is 2.77. The second-order valence-corrected chi connectivity index (χ2v) is 5.99. The summed E-state index contributed by atoms with van der Waals surface area (Å²) in [6, 6.07) is 6.60. The van der Waals surface area contributed by atoms with Gasteiger partial charge in [-0.05, 0) is 36.6 Å². The highest BCUT2D eigenvalue weighted by Gasteiger charge is 2.38. The smallest absolute Gasteiger partial charge is 0.350 e. The zero-order valence-electron chi connectivity index (χ0n) is 12.2. The van der Waals surface area contributed by atoms with Crippen LogP contribution >= 0.6 is 11.6 Å². The van der Waals surface area contributed by atoms with Crippen LogP contribution in [0, 0.1) is 5.41 Å². The van der Waals surface area contributed by atoms with Crippen molar-refractivity contribution in [2.45, 2.75) is 39.9 Å². The lowest BCUT2D eigenvalue weighted by molar-refractivity contribution is -0.161. The Balaban J connectivity index is 2.93. The minimum absolute atomic E-state index is 0.232. The van der Waals surface area contributed by atoms with Gasteiger partial charge in [-0.3, -0.25) is 0 Å². The molecule has 4 nitrogen and oxygen atoms in total. The average molecular weight is 301 g/mol. The van der Waals surface area contributed by atoms with Gasteiger partial charge in [0.1, 0.15) is 11.9 Å². The number of carbonyl (C=O) groups excluding carboxylic acids is 1. The molecule has 1 aromatic rings. The van der Waals surface area contributed by atoms with E-state index in [1.807, 2.05) is 20.8 Å². The molecule has 0 heterocycles. The highest BCUT2D eigenvalue weighted by Crippen LogP contribution is 2.26. The van der Waals surface area contributed by atoms with Crippen LogP contribution in [0.4, 0.5) is 0 Å². The molecule has 1 rings (SSSR count). The van der Waals surface area contributed by atoms with Gasteiger partial charge in [-0.15, -0.1) is 0 Å². The molecular weight excluding hydrogens is 280 g/mol. The van der Waals surface area contributed by atoms with Gasteiger partial charge in [0.05, 0.1) is 6.61 Å². The van der Waals surface area contributed by atoms with Crippen molar-refractivity contribution in [2.75, 3.05) is 6.61 Å². The molecule has 112 valence electrons. The van der Waals surface area contributed by atoms with Crippen LogP contribution < -0.4 is 4.74 Å². The third kappa shape index (κ3) is 4.69. The summed E-state index contributed by atoms with van der Waals surface area (Å²) in [4.78, 5) is 12.0. The Kier molecular flexibility index (Phi) is 5.84. The molecule has 2 unspecified atom stereocenters. The number of aliphatic hydroxyl groups is 1. The first kappa shape index (κ1) is 16.8. The largest absolute Gasteiger partial charge is 0.476 e. The highest BCUT2D eigenvalue weighted by molar-refractivity contribution is 6.30. The van der Waals surface area contributed by atoms with Gasteiger partial charge in [0, 0.05) is 5.02 Å². The number of hydrogen-bond acceptors (Lipinski definition) is 4. The first-order valence-corrected chi connectivity index (χ1v) is 6.90. The van der Waals surface area contributed by atoms with Gasteiger partial charge < -0.3 is 14.6 Å². The van der Waals surface area contributed by atoms with E-state index in [-0.39, 0.29) is 6.61 Å². The molecule has 5 heteroatoms. The number of aliphatic hydroxyl groups excluding tert-OH is 1. The van der Waals surface area contributed by atoms with Gasteiger partial charge >= 0.3 is 5.97 Å². The summed E-state index contributed by atoms with van der Waals surface area (Å²) in [6.07, 6.45) is -2.06. The molecule has 0 aliphatic rings. The summed E-state index contributed by atoms with van der Waals surface area (Å²) in [7, 11) is 0. The van der Waals surface area contributed by atoms with Gasteiger partial charge in [-0.2, -0.15) is 0 Å². The fourth-order valence-corrected chi connectivity index (χ4v) is 1.71. The predicted octanol–water partition coefficient (Wildman–Crippen LogP) is 3.06. The Hall–Kier alpha value is -1.26. The predicted molar refractivity (Wildman–Crippen MR) is 78.0 cm³/mol. The number of halogens is 1. The van der Waals surface area contributed by atoms with Crippen molar-refractivity contribution in [1.82, 2.24) is 0 Å². The van der Waals surface area contributed by atoms with Gasteiger partial charge in [-0.1, -0.05) is 32.4 Å². The highest BCUT2D eigenvalue weighted by atomic mass is 35.5. The molecule has 0 radical (unpaired) electrons. The maximum atomic E-state index is 12.0. The molecule has 0 aromatic heterocycles. The van der Waals surface area contributed by atoms with E-state index in [0.717, 1.165) is 0 Å². The summed E-state index contributed by atoms with van der Waals surface area (Å²) in [5.41, 5.74) is -0.510. The van der Waals surface area contributed by atoms with Crippen LogP contribution in [-0.4, -0.2) is 29.9 Å². The molecule has 20 heavy (non-hydrogen) atoms. The van der Waals surface area contributed by atoms with Crippen molar-refractivity contribution < 1.29 is 19.4 Å². The monoisotopic (exact) mass is 300 g/mol. The molecule has 0 saturated carbocycles. The average Bonchev–Trinajstić information content (AvgIpc) is 2.36. The Labute approximate surface area is 124 Å². The van der Waals surface area contributed by atoms with Crippen molar-refractivity contribution in [1.29, 1.82) is 0 Å². The van der Waals surface area contributed by atoms with E-state index in [4.69, 9.17) is 21.1 Å². The Bertz CT molecular complexity index is 436. The Morgan fingerprint density at radius 2 is 1.85 bits per heavy atom. The molecule has 0 fully saturated rings. The number of hydrogen-bond donors (Lipinski definition) is 1. The van der Waals surface area contributed by atoms with E-state index < -0.39 is 23.6 Å². The molecule has 0 amide bonds. The molecule has 0 spiro atoms. The van der Waals surface area contributed by atoms with Crippen molar-refractivity contribution in [3.05, 3.63) is 29.3 Å². The first-order chi connectivity index (χ1) is 9.25. The van der Waals surface area contributed by atoms with Gasteiger partial charge in [0.2, 0.25) is 6.10 Å². The summed E-state index contributed by atoms with van der Waals surface area (Å²) in [6.45, 7) is 7.43.